The van der Waals surface area contributed by atoms with Crippen LogP contribution in [0.5, 0.6) is 0 Å². The number of hydrogen-bond acceptors (Lipinski definition) is 4. The molecule has 1 amide bonds. The minimum atomic E-state index is -0.0228. The average Bonchev–Trinajstić information content (AvgIpc) is 3.31. The number of benzene rings is 1. The summed E-state index contributed by atoms with van der Waals surface area (Å²) < 4.78 is 2.02. The van der Waals surface area contributed by atoms with Crippen LogP contribution in [0.25, 0.3) is 16.6 Å². The van der Waals surface area contributed by atoms with E-state index in [1.165, 1.54) is 0 Å². The quantitative estimate of drug-likeness (QED) is 0.596. The number of piperidine rings is 1. The molecule has 7 nitrogen and oxygen atoms in total. The van der Waals surface area contributed by atoms with Gasteiger partial charge in [-0.2, -0.15) is 5.10 Å². The van der Waals surface area contributed by atoms with Crippen molar-refractivity contribution < 1.29 is 4.79 Å². The summed E-state index contributed by atoms with van der Waals surface area (Å²) in [7, 11) is 0. The van der Waals surface area contributed by atoms with Crippen molar-refractivity contribution in [1.29, 1.82) is 0 Å². The van der Waals surface area contributed by atoms with Gasteiger partial charge in [0.05, 0.1) is 5.52 Å². The molecule has 1 aliphatic heterocycles. The van der Waals surface area contributed by atoms with E-state index in [4.69, 9.17) is 0 Å². The van der Waals surface area contributed by atoms with Crippen LogP contribution >= 0.6 is 0 Å². The molecule has 136 valence electrons. The van der Waals surface area contributed by atoms with Crippen molar-refractivity contribution in [2.75, 3.05) is 13.1 Å². The molecule has 0 saturated carbocycles. The summed E-state index contributed by atoms with van der Waals surface area (Å²) in [4.78, 5) is 15.1. The second-order valence-electron chi connectivity index (χ2n) is 7.20. The molecule has 1 aromatic carbocycles. The average molecular weight is 360 g/mol. The maximum absolute atomic E-state index is 13.2. The Morgan fingerprint density at radius 3 is 3.07 bits per heavy atom. The minimum absolute atomic E-state index is 0.0228. The molecule has 0 aliphatic carbocycles. The Labute approximate surface area is 156 Å². The van der Waals surface area contributed by atoms with E-state index >= 15 is 0 Å². The first kappa shape index (κ1) is 16.0. The first-order valence-corrected chi connectivity index (χ1v) is 9.24. The highest BCUT2D eigenvalue weighted by Crippen LogP contribution is 2.28. The molecule has 1 N–H and O–H groups in total. The number of carbonyl (C=O) groups excluding carboxylic acids is 1. The molecular formula is C20H20N6O. The molecule has 0 bridgehead atoms. The van der Waals surface area contributed by atoms with Gasteiger partial charge in [-0.3, -0.25) is 14.3 Å². The lowest BCUT2D eigenvalue weighted by Crippen LogP contribution is -2.39. The highest BCUT2D eigenvalue weighted by molar-refractivity contribution is 6.04. The van der Waals surface area contributed by atoms with E-state index in [0.717, 1.165) is 47.3 Å². The topological polar surface area (TPSA) is 79.2 Å². The number of nitrogens with zero attached hydrogens (tertiary/aromatic N) is 5. The standard InChI is InChI=1S/C20H20N6O/c1-13-7-8-16-15(11-13)18(23-21-16)20(27)25-9-4-5-14(12-25)19-24-22-17-6-2-3-10-26(17)19/h2-3,6-8,10-11,14H,4-5,9,12H2,1H3,(H,21,23). The molecular weight excluding hydrogens is 340 g/mol. The van der Waals surface area contributed by atoms with Crippen LogP contribution in [0.3, 0.4) is 0 Å². The number of likely N-dealkylation sites (tertiary alicyclic amines) is 1. The molecule has 4 heterocycles. The van der Waals surface area contributed by atoms with Gasteiger partial charge in [-0.15, -0.1) is 10.2 Å². The maximum Gasteiger partial charge on any atom is 0.275 e. The zero-order chi connectivity index (χ0) is 18.4. The Kier molecular flexibility index (Phi) is 3.67. The highest BCUT2D eigenvalue weighted by atomic mass is 16.2. The van der Waals surface area contributed by atoms with Gasteiger partial charge in [-0.1, -0.05) is 17.7 Å². The van der Waals surface area contributed by atoms with Crippen molar-refractivity contribution in [3.05, 3.63) is 59.7 Å². The van der Waals surface area contributed by atoms with Crippen molar-refractivity contribution in [1.82, 2.24) is 29.7 Å². The van der Waals surface area contributed by atoms with E-state index in [0.29, 0.717) is 12.2 Å². The Morgan fingerprint density at radius 1 is 1.22 bits per heavy atom. The summed E-state index contributed by atoms with van der Waals surface area (Å²) in [5.41, 5.74) is 3.34. The molecule has 1 aliphatic rings. The number of H-pyrrole nitrogens is 1. The number of nitrogens with one attached hydrogen (secondary N) is 1. The van der Waals surface area contributed by atoms with Crippen LogP contribution in [0.15, 0.2) is 42.6 Å². The minimum Gasteiger partial charge on any atom is -0.337 e. The van der Waals surface area contributed by atoms with Gasteiger partial charge in [-0.25, -0.2) is 0 Å². The highest BCUT2D eigenvalue weighted by Gasteiger charge is 2.30. The van der Waals surface area contributed by atoms with E-state index in [1.807, 2.05) is 58.8 Å². The largest absolute Gasteiger partial charge is 0.337 e. The zero-order valence-electron chi connectivity index (χ0n) is 15.1. The molecule has 0 spiro atoms. The van der Waals surface area contributed by atoms with Crippen LogP contribution in [0.4, 0.5) is 0 Å². The van der Waals surface area contributed by atoms with Crippen molar-refractivity contribution in [2.24, 2.45) is 0 Å². The summed E-state index contributed by atoms with van der Waals surface area (Å²) in [5, 5.41) is 16.8. The van der Waals surface area contributed by atoms with Crippen molar-refractivity contribution in [2.45, 2.75) is 25.7 Å². The number of rotatable bonds is 2. The molecule has 3 aromatic heterocycles. The van der Waals surface area contributed by atoms with Crippen molar-refractivity contribution >= 4 is 22.5 Å². The van der Waals surface area contributed by atoms with Gasteiger partial charge in [-0.05, 0) is 44.0 Å². The Hall–Kier alpha value is -3.22. The lowest BCUT2D eigenvalue weighted by molar-refractivity contribution is 0.0700. The summed E-state index contributed by atoms with van der Waals surface area (Å²) in [6.45, 7) is 3.40. The van der Waals surface area contributed by atoms with Crippen LogP contribution in [0.1, 0.15) is 40.6 Å². The zero-order valence-corrected chi connectivity index (χ0v) is 15.1. The molecule has 27 heavy (non-hydrogen) atoms. The number of aromatic amines is 1. The third kappa shape index (κ3) is 2.66. The summed E-state index contributed by atoms with van der Waals surface area (Å²) in [5.74, 6) is 1.07. The monoisotopic (exact) mass is 360 g/mol. The Bertz CT molecular complexity index is 1140. The van der Waals surface area contributed by atoms with E-state index < -0.39 is 0 Å². The summed E-state index contributed by atoms with van der Waals surface area (Å²) in [6.07, 6.45) is 3.93. The summed E-state index contributed by atoms with van der Waals surface area (Å²) >= 11 is 0. The van der Waals surface area contributed by atoms with Crippen LogP contribution in [-0.2, 0) is 0 Å². The fraction of sp³-hybridized carbons (Fsp3) is 0.300. The number of aryl methyl sites for hydroxylation is 1. The number of pyridine rings is 1. The molecule has 1 unspecified atom stereocenters. The number of amides is 1. The maximum atomic E-state index is 13.2. The number of fused-ring (bicyclic) bond motifs is 2. The van der Waals surface area contributed by atoms with Crippen LogP contribution in [0.2, 0.25) is 0 Å². The molecule has 1 atom stereocenters. The lowest BCUT2D eigenvalue weighted by atomic mass is 9.96. The molecule has 1 saturated heterocycles. The van der Waals surface area contributed by atoms with Gasteiger partial charge in [0, 0.05) is 30.6 Å². The number of hydrogen-bond donors (Lipinski definition) is 1. The second-order valence-corrected chi connectivity index (χ2v) is 7.20. The molecule has 7 heteroatoms. The van der Waals surface area contributed by atoms with Gasteiger partial charge >= 0.3 is 0 Å². The van der Waals surface area contributed by atoms with Gasteiger partial charge in [0.25, 0.3) is 5.91 Å². The molecule has 1 fully saturated rings. The van der Waals surface area contributed by atoms with Gasteiger partial charge in [0.2, 0.25) is 0 Å². The van der Waals surface area contributed by atoms with E-state index in [9.17, 15) is 4.79 Å². The fourth-order valence-corrected chi connectivity index (χ4v) is 3.95. The van der Waals surface area contributed by atoms with Gasteiger partial charge < -0.3 is 4.90 Å². The third-order valence-corrected chi connectivity index (χ3v) is 5.33. The Balaban J connectivity index is 1.45. The molecule has 0 radical (unpaired) electrons. The fourth-order valence-electron chi connectivity index (χ4n) is 3.95. The van der Waals surface area contributed by atoms with Crippen molar-refractivity contribution in [3.63, 3.8) is 0 Å². The van der Waals surface area contributed by atoms with Crippen LogP contribution in [-0.4, -0.2) is 48.7 Å². The SMILES string of the molecule is Cc1ccc2[nH]nc(C(=O)N3CCCC(c4nnc5ccccn45)C3)c2c1. The number of carbonyl (C=O) groups is 1. The van der Waals surface area contributed by atoms with Gasteiger partial charge in [0.15, 0.2) is 11.3 Å². The third-order valence-electron chi connectivity index (χ3n) is 5.33. The first-order valence-electron chi connectivity index (χ1n) is 9.24. The predicted molar refractivity (Wildman–Crippen MR) is 102 cm³/mol. The second kappa shape index (κ2) is 6.19. The normalized spacial score (nSPS) is 17.7. The van der Waals surface area contributed by atoms with E-state index in [-0.39, 0.29) is 11.8 Å². The summed E-state index contributed by atoms with van der Waals surface area (Å²) in [6, 6.07) is 11.9. The van der Waals surface area contributed by atoms with Gasteiger partial charge in [0.1, 0.15) is 5.82 Å². The molecule has 5 rings (SSSR count). The smallest absolute Gasteiger partial charge is 0.275 e. The Morgan fingerprint density at radius 2 is 2.15 bits per heavy atom. The first-order chi connectivity index (χ1) is 13.2. The van der Waals surface area contributed by atoms with Crippen LogP contribution in [0, 0.1) is 6.92 Å². The lowest BCUT2D eigenvalue weighted by Gasteiger charge is -2.31. The number of aromatic nitrogens is 5. The molecule has 4 aromatic rings. The van der Waals surface area contributed by atoms with Crippen molar-refractivity contribution in [3.8, 4) is 0 Å². The predicted octanol–water partition coefficient (Wildman–Crippen LogP) is 2.93. The van der Waals surface area contributed by atoms with E-state index in [2.05, 4.69) is 20.4 Å². The van der Waals surface area contributed by atoms with E-state index in [1.54, 1.807) is 0 Å². The van der Waals surface area contributed by atoms with Crippen LogP contribution < -0.4 is 0 Å².